The zero-order valence-electron chi connectivity index (χ0n) is 19.7. The SMILES string of the molecule is N#Cc1ccc(C(=O)[C@@H]2Oc3ccccc3N[C@H]2c2c(-c3ccccc3)c(C=O)n3ccccc23)cc1. The predicted molar refractivity (Wildman–Crippen MR) is 141 cm³/mol. The number of para-hydroxylation sites is 2. The molecule has 0 spiro atoms. The van der Waals surface area contributed by atoms with E-state index in [-0.39, 0.29) is 5.78 Å². The number of nitrogens with one attached hydrogen (secondary N) is 1. The molecule has 1 N–H and O–H groups in total. The van der Waals surface area contributed by atoms with Crippen molar-refractivity contribution in [1.82, 2.24) is 4.40 Å². The van der Waals surface area contributed by atoms with E-state index in [0.717, 1.165) is 34.2 Å². The van der Waals surface area contributed by atoms with Crippen LogP contribution < -0.4 is 10.1 Å². The summed E-state index contributed by atoms with van der Waals surface area (Å²) in [6.45, 7) is 0. The van der Waals surface area contributed by atoms with Gasteiger partial charge in [-0.15, -0.1) is 0 Å². The Labute approximate surface area is 213 Å². The van der Waals surface area contributed by atoms with E-state index in [9.17, 15) is 14.9 Å². The topological polar surface area (TPSA) is 83.6 Å². The zero-order chi connectivity index (χ0) is 25.4. The van der Waals surface area contributed by atoms with E-state index in [1.165, 1.54) is 0 Å². The number of nitriles is 1. The van der Waals surface area contributed by atoms with Gasteiger partial charge in [-0.05, 0) is 54.1 Å². The number of Topliss-reactive ketones (excluding diaryl/α,β-unsaturated/α-hetero) is 1. The maximum Gasteiger partial charge on any atom is 0.205 e. The van der Waals surface area contributed by atoms with E-state index >= 15 is 0 Å². The summed E-state index contributed by atoms with van der Waals surface area (Å²) in [5.74, 6) is 0.351. The van der Waals surface area contributed by atoms with Gasteiger partial charge < -0.3 is 14.5 Å². The molecular weight excluding hydrogens is 462 g/mol. The van der Waals surface area contributed by atoms with Crippen LogP contribution in [0.15, 0.2) is 103 Å². The number of nitrogens with zero attached hydrogens (tertiary/aromatic N) is 2. The van der Waals surface area contributed by atoms with Crippen LogP contribution in [0.5, 0.6) is 5.75 Å². The third-order valence-electron chi connectivity index (χ3n) is 6.72. The van der Waals surface area contributed by atoms with Crippen LogP contribution >= 0.6 is 0 Å². The quantitative estimate of drug-likeness (QED) is 0.242. The number of fused-ring (bicyclic) bond motifs is 2. The van der Waals surface area contributed by atoms with Crippen molar-refractivity contribution in [3.63, 3.8) is 0 Å². The van der Waals surface area contributed by atoms with Gasteiger partial charge in [-0.3, -0.25) is 9.59 Å². The van der Waals surface area contributed by atoms with E-state index in [4.69, 9.17) is 4.74 Å². The molecule has 0 amide bonds. The Balaban J connectivity index is 1.59. The molecule has 3 heterocycles. The number of aromatic nitrogens is 1. The molecule has 2 aromatic heterocycles. The summed E-state index contributed by atoms with van der Waals surface area (Å²) in [6.07, 6.45) is 1.79. The van der Waals surface area contributed by atoms with Gasteiger partial charge in [0.1, 0.15) is 5.75 Å². The average Bonchev–Trinajstić information content (AvgIpc) is 3.31. The number of aldehydes is 1. The molecule has 1 aliphatic heterocycles. The Hall–Kier alpha value is -5.15. The van der Waals surface area contributed by atoms with Crippen LogP contribution in [0.3, 0.4) is 0 Å². The number of ether oxygens (including phenoxy) is 1. The second-order valence-electron chi connectivity index (χ2n) is 8.82. The number of rotatable bonds is 5. The molecule has 0 fully saturated rings. The smallest absolute Gasteiger partial charge is 0.205 e. The van der Waals surface area contributed by atoms with E-state index in [1.54, 1.807) is 24.3 Å². The van der Waals surface area contributed by atoms with Gasteiger partial charge in [0.15, 0.2) is 12.4 Å². The molecule has 37 heavy (non-hydrogen) atoms. The van der Waals surface area contributed by atoms with Crippen molar-refractivity contribution < 1.29 is 14.3 Å². The fourth-order valence-electron chi connectivity index (χ4n) is 5.04. The minimum Gasteiger partial charge on any atom is -0.478 e. The van der Waals surface area contributed by atoms with Crippen LogP contribution in [0.25, 0.3) is 16.6 Å². The molecule has 2 atom stereocenters. The minimum absolute atomic E-state index is 0.224. The van der Waals surface area contributed by atoms with E-state index < -0.39 is 12.1 Å². The molecule has 1 aliphatic rings. The molecular formula is C31H21N3O3. The summed E-state index contributed by atoms with van der Waals surface area (Å²) < 4.78 is 8.24. The molecule has 0 aliphatic carbocycles. The normalized spacial score (nSPS) is 16.2. The van der Waals surface area contributed by atoms with Crippen molar-refractivity contribution in [2.45, 2.75) is 12.1 Å². The molecule has 0 radical (unpaired) electrons. The van der Waals surface area contributed by atoms with Gasteiger partial charge in [-0.2, -0.15) is 5.26 Å². The highest BCUT2D eigenvalue weighted by atomic mass is 16.5. The van der Waals surface area contributed by atoms with Crippen molar-refractivity contribution in [1.29, 1.82) is 5.26 Å². The van der Waals surface area contributed by atoms with Crippen LogP contribution in [0.1, 0.15) is 38.0 Å². The van der Waals surface area contributed by atoms with Crippen LogP contribution in [-0.2, 0) is 0 Å². The minimum atomic E-state index is -0.920. The number of hydrogen-bond acceptors (Lipinski definition) is 5. The first-order valence-corrected chi connectivity index (χ1v) is 11.9. The van der Waals surface area contributed by atoms with Crippen LogP contribution in [0.4, 0.5) is 5.69 Å². The summed E-state index contributed by atoms with van der Waals surface area (Å²) in [6, 6.07) is 31.0. The summed E-state index contributed by atoms with van der Waals surface area (Å²) in [7, 11) is 0. The molecule has 5 aromatic rings. The van der Waals surface area contributed by atoms with Crippen molar-refractivity contribution in [2.75, 3.05) is 5.32 Å². The van der Waals surface area contributed by atoms with Crippen molar-refractivity contribution in [3.8, 4) is 22.9 Å². The first-order chi connectivity index (χ1) is 18.2. The fourth-order valence-corrected chi connectivity index (χ4v) is 5.04. The maximum absolute atomic E-state index is 13.9. The molecule has 6 nitrogen and oxygen atoms in total. The number of carbonyl (C=O) groups excluding carboxylic acids is 2. The molecule has 6 heteroatoms. The van der Waals surface area contributed by atoms with E-state index in [1.807, 2.05) is 83.4 Å². The molecule has 0 saturated heterocycles. The molecule has 0 saturated carbocycles. The number of hydrogen-bond donors (Lipinski definition) is 1. The van der Waals surface area contributed by atoms with E-state index in [0.29, 0.717) is 22.6 Å². The van der Waals surface area contributed by atoms with Crippen molar-refractivity contribution in [2.24, 2.45) is 0 Å². The number of pyridine rings is 1. The third-order valence-corrected chi connectivity index (χ3v) is 6.72. The summed E-state index contributed by atoms with van der Waals surface area (Å²) >= 11 is 0. The standard InChI is InChI=1S/C31H21N3O3/c32-18-20-13-15-22(16-14-20)30(36)31-29(33-23-10-4-5-12-26(23)37-31)28-24-11-6-7-17-34(24)25(19-35)27(28)21-8-2-1-3-9-21/h1-17,19,29,31,33H/t29-,31+/m0/s1. The van der Waals surface area contributed by atoms with Crippen LogP contribution in [0.2, 0.25) is 0 Å². The Morgan fingerprint density at radius 1 is 0.919 bits per heavy atom. The maximum atomic E-state index is 13.9. The Morgan fingerprint density at radius 3 is 2.41 bits per heavy atom. The predicted octanol–water partition coefficient (Wildman–Crippen LogP) is 6.09. The Morgan fingerprint density at radius 2 is 1.65 bits per heavy atom. The lowest BCUT2D eigenvalue weighted by atomic mass is 9.88. The Bertz CT molecular complexity index is 1680. The number of anilines is 1. The summed E-state index contributed by atoms with van der Waals surface area (Å²) in [5.41, 5.74) is 5.41. The third kappa shape index (κ3) is 3.74. The van der Waals surface area contributed by atoms with Crippen LogP contribution in [-0.4, -0.2) is 22.6 Å². The van der Waals surface area contributed by atoms with Gasteiger partial charge in [-0.1, -0.05) is 48.5 Å². The highest BCUT2D eigenvalue weighted by Crippen LogP contribution is 2.44. The Kier molecular flexibility index (Phi) is 5.51. The van der Waals surface area contributed by atoms with Gasteiger partial charge >= 0.3 is 0 Å². The monoisotopic (exact) mass is 483 g/mol. The fraction of sp³-hybridized carbons (Fsp3) is 0.0645. The van der Waals surface area contributed by atoms with Gasteiger partial charge in [0.25, 0.3) is 0 Å². The van der Waals surface area contributed by atoms with Gasteiger partial charge in [0, 0.05) is 22.9 Å². The second kappa shape index (κ2) is 9.14. The lowest BCUT2D eigenvalue weighted by Crippen LogP contribution is -2.41. The molecule has 178 valence electrons. The van der Waals surface area contributed by atoms with Crippen LogP contribution in [0, 0.1) is 11.3 Å². The average molecular weight is 484 g/mol. The van der Waals surface area contributed by atoms with Gasteiger partial charge in [0.2, 0.25) is 5.78 Å². The lowest BCUT2D eigenvalue weighted by Gasteiger charge is -2.35. The largest absolute Gasteiger partial charge is 0.478 e. The molecule has 3 aromatic carbocycles. The van der Waals surface area contributed by atoms with E-state index in [2.05, 4.69) is 11.4 Å². The second-order valence-corrected chi connectivity index (χ2v) is 8.82. The number of benzene rings is 3. The highest BCUT2D eigenvalue weighted by Gasteiger charge is 2.40. The number of ketones is 1. The van der Waals surface area contributed by atoms with Crippen molar-refractivity contribution >= 4 is 23.3 Å². The summed E-state index contributed by atoms with van der Waals surface area (Å²) in [4.78, 5) is 26.4. The molecule has 6 rings (SSSR count). The first-order valence-electron chi connectivity index (χ1n) is 11.9. The highest BCUT2D eigenvalue weighted by molar-refractivity contribution is 6.02. The van der Waals surface area contributed by atoms with Gasteiger partial charge in [-0.25, -0.2) is 0 Å². The molecule has 0 unspecified atom stereocenters. The lowest BCUT2D eigenvalue weighted by molar-refractivity contribution is 0.0746. The number of carbonyl (C=O) groups is 2. The first kappa shape index (κ1) is 22.3. The molecule has 0 bridgehead atoms. The van der Waals surface area contributed by atoms with Gasteiger partial charge in [0.05, 0.1) is 34.6 Å². The zero-order valence-corrected chi connectivity index (χ0v) is 19.7. The van der Waals surface area contributed by atoms with Crippen molar-refractivity contribution in [3.05, 3.63) is 126 Å². The summed E-state index contributed by atoms with van der Waals surface area (Å²) in [5, 5.41) is 12.7.